The first-order valence-electron chi connectivity index (χ1n) is 7.25. The van der Waals surface area contributed by atoms with Crippen LogP contribution in [0.1, 0.15) is 33.1 Å². The van der Waals surface area contributed by atoms with Crippen LogP contribution < -0.4 is 5.32 Å². The molecule has 2 unspecified atom stereocenters. The normalized spacial score (nSPS) is 24.7. The van der Waals surface area contributed by atoms with Crippen LogP contribution in [0.5, 0.6) is 0 Å². The van der Waals surface area contributed by atoms with Gasteiger partial charge in [-0.1, -0.05) is 6.92 Å². The van der Waals surface area contributed by atoms with Gasteiger partial charge < -0.3 is 20.2 Å². The van der Waals surface area contributed by atoms with Crippen LogP contribution in [0.3, 0.4) is 0 Å². The molecule has 0 aromatic heterocycles. The number of likely N-dealkylation sites (N-methyl/N-ethyl adjacent to an activating group) is 1. The van der Waals surface area contributed by atoms with Crippen LogP contribution >= 0.6 is 0 Å². The van der Waals surface area contributed by atoms with Gasteiger partial charge in [0.1, 0.15) is 0 Å². The van der Waals surface area contributed by atoms with Crippen molar-refractivity contribution < 1.29 is 5.11 Å². The number of likely N-dealkylation sites (tertiary alicyclic amines) is 1. The van der Waals surface area contributed by atoms with Crippen molar-refractivity contribution in [2.75, 3.05) is 46.9 Å². The lowest BCUT2D eigenvalue weighted by atomic mass is 9.98. The lowest BCUT2D eigenvalue weighted by molar-refractivity contribution is 0.149. The molecule has 18 heavy (non-hydrogen) atoms. The van der Waals surface area contributed by atoms with E-state index in [1.807, 2.05) is 0 Å². The molecule has 1 aliphatic rings. The van der Waals surface area contributed by atoms with E-state index in [2.05, 4.69) is 43.1 Å². The Morgan fingerprint density at radius 1 is 1.44 bits per heavy atom. The van der Waals surface area contributed by atoms with Crippen molar-refractivity contribution in [3.63, 3.8) is 0 Å². The molecule has 2 N–H and O–H groups in total. The molecule has 4 nitrogen and oxygen atoms in total. The molecule has 0 amide bonds. The van der Waals surface area contributed by atoms with Crippen LogP contribution in [-0.2, 0) is 0 Å². The zero-order valence-corrected chi connectivity index (χ0v) is 12.6. The Kier molecular flexibility index (Phi) is 6.57. The lowest BCUT2D eigenvalue weighted by Gasteiger charge is -2.31. The van der Waals surface area contributed by atoms with E-state index in [0.29, 0.717) is 6.04 Å². The van der Waals surface area contributed by atoms with Gasteiger partial charge in [-0.05, 0) is 53.4 Å². The Hall–Kier alpha value is -0.160. The maximum Gasteiger partial charge on any atom is 0.0611 e. The number of hydrogen-bond acceptors (Lipinski definition) is 4. The Bertz CT molecular complexity index is 235. The van der Waals surface area contributed by atoms with Crippen molar-refractivity contribution in [1.82, 2.24) is 15.1 Å². The minimum Gasteiger partial charge on any atom is -0.394 e. The minimum atomic E-state index is -0.119. The third kappa shape index (κ3) is 4.84. The highest BCUT2D eigenvalue weighted by Crippen LogP contribution is 2.16. The summed E-state index contributed by atoms with van der Waals surface area (Å²) in [7, 11) is 4.32. The molecule has 1 saturated heterocycles. The SMILES string of the molecule is CCCNC(C)(CO)CCN1CCC(N(C)C)C1. The molecule has 1 rings (SSSR count). The van der Waals surface area contributed by atoms with Gasteiger partial charge in [0.25, 0.3) is 0 Å². The van der Waals surface area contributed by atoms with Gasteiger partial charge in [0.15, 0.2) is 0 Å². The van der Waals surface area contributed by atoms with Crippen LogP contribution in [0.4, 0.5) is 0 Å². The second kappa shape index (κ2) is 7.43. The number of aliphatic hydroxyl groups excluding tert-OH is 1. The van der Waals surface area contributed by atoms with Gasteiger partial charge in [0, 0.05) is 24.7 Å². The molecule has 1 heterocycles. The molecule has 0 aromatic carbocycles. The second-order valence-corrected chi connectivity index (χ2v) is 6.10. The number of nitrogens with zero attached hydrogens (tertiary/aromatic N) is 2. The number of aliphatic hydroxyl groups is 1. The molecule has 0 spiro atoms. The fourth-order valence-electron chi connectivity index (χ4n) is 2.49. The fraction of sp³-hybridized carbons (Fsp3) is 1.00. The van der Waals surface area contributed by atoms with Crippen molar-refractivity contribution in [3.8, 4) is 0 Å². The zero-order chi connectivity index (χ0) is 13.6. The van der Waals surface area contributed by atoms with Gasteiger partial charge >= 0.3 is 0 Å². The number of nitrogens with one attached hydrogen (secondary N) is 1. The van der Waals surface area contributed by atoms with Crippen LogP contribution in [0.2, 0.25) is 0 Å². The highest BCUT2D eigenvalue weighted by atomic mass is 16.3. The summed E-state index contributed by atoms with van der Waals surface area (Å²) < 4.78 is 0. The summed E-state index contributed by atoms with van der Waals surface area (Å²) in [5.74, 6) is 0. The Morgan fingerprint density at radius 2 is 2.17 bits per heavy atom. The van der Waals surface area contributed by atoms with Gasteiger partial charge in [0.2, 0.25) is 0 Å². The van der Waals surface area contributed by atoms with Crippen LogP contribution in [0, 0.1) is 0 Å². The van der Waals surface area contributed by atoms with E-state index in [0.717, 1.165) is 25.9 Å². The number of hydrogen-bond donors (Lipinski definition) is 2. The maximum absolute atomic E-state index is 9.54. The predicted molar refractivity (Wildman–Crippen MR) is 76.9 cm³/mol. The van der Waals surface area contributed by atoms with Crippen LogP contribution in [0.15, 0.2) is 0 Å². The van der Waals surface area contributed by atoms with Crippen molar-refractivity contribution >= 4 is 0 Å². The van der Waals surface area contributed by atoms with E-state index in [1.165, 1.54) is 19.5 Å². The van der Waals surface area contributed by atoms with Crippen LogP contribution in [0.25, 0.3) is 0 Å². The minimum absolute atomic E-state index is 0.119. The first-order chi connectivity index (χ1) is 8.50. The average molecular weight is 257 g/mol. The van der Waals surface area contributed by atoms with E-state index in [1.54, 1.807) is 0 Å². The first-order valence-corrected chi connectivity index (χ1v) is 7.25. The number of rotatable bonds is 8. The van der Waals surface area contributed by atoms with Gasteiger partial charge in [0.05, 0.1) is 6.61 Å². The fourth-order valence-corrected chi connectivity index (χ4v) is 2.49. The molecule has 0 saturated carbocycles. The monoisotopic (exact) mass is 257 g/mol. The van der Waals surface area contributed by atoms with Crippen molar-refractivity contribution in [2.45, 2.75) is 44.7 Å². The van der Waals surface area contributed by atoms with E-state index in [9.17, 15) is 5.11 Å². The first kappa shape index (κ1) is 15.9. The predicted octanol–water partition coefficient (Wildman–Crippen LogP) is 0.763. The molecule has 108 valence electrons. The molecule has 4 heteroatoms. The van der Waals surface area contributed by atoms with E-state index in [4.69, 9.17) is 0 Å². The smallest absolute Gasteiger partial charge is 0.0611 e. The molecule has 0 radical (unpaired) electrons. The van der Waals surface area contributed by atoms with Gasteiger partial charge in [-0.15, -0.1) is 0 Å². The quantitative estimate of drug-likeness (QED) is 0.673. The summed E-state index contributed by atoms with van der Waals surface area (Å²) in [4.78, 5) is 4.84. The standard InChI is InChI=1S/C14H31N3O/c1-5-8-15-14(2,12-18)7-10-17-9-6-13(11-17)16(3)4/h13,15,18H,5-12H2,1-4H3. The average Bonchev–Trinajstić information content (AvgIpc) is 2.83. The molecule has 0 bridgehead atoms. The second-order valence-electron chi connectivity index (χ2n) is 6.10. The summed E-state index contributed by atoms with van der Waals surface area (Å²) in [5, 5.41) is 13.0. The summed E-state index contributed by atoms with van der Waals surface area (Å²) in [6.45, 7) is 8.93. The highest BCUT2D eigenvalue weighted by Gasteiger charge is 2.27. The van der Waals surface area contributed by atoms with Crippen molar-refractivity contribution in [2.24, 2.45) is 0 Å². The van der Waals surface area contributed by atoms with Crippen molar-refractivity contribution in [3.05, 3.63) is 0 Å². The van der Waals surface area contributed by atoms with E-state index >= 15 is 0 Å². The van der Waals surface area contributed by atoms with Gasteiger partial charge in [-0.25, -0.2) is 0 Å². The molecule has 0 aromatic rings. The highest BCUT2D eigenvalue weighted by molar-refractivity contribution is 4.86. The molecule has 2 atom stereocenters. The summed E-state index contributed by atoms with van der Waals surface area (Å²) in [6.07, 6.45) is 3.40. The molecule has 1 fully saturated rings. The molecular formula is C14H31N3O. The molecule has 1 aliphatic heterocycles. The maximum atomic E-state index is 9.54. The summed E-state index contributed by atoms with van der Waals surface area (Å²) in [5.41, 5.74) is -0.119. The van der Waals surface area contributed by atoms with Gasteiger partial charge in [-0.3, -0.25) is 0 Å². The summed E-state index contributed by atoms with van der Waals surface area (Å²) in [6, 6.07) is 0.703. The van der Waals surface area contributed by atoms with E-state index in [-0.39, 0.29) is 12.1 Å². The van der Waals surface area contributed by atoms with E-state index < -0.39 is 0 Å². The largest absolute Gasteiger partial charge is 0.394 e. The molecular weight excluding hydrogens is 226 g/mol. The topological polar surface area (TPSA) is 38.7 Å². The Balaban J connectivity index is 2.31. The van der Waals surface area contributed by atoms with Crippen molar-refractivity contribution in [1.29, 1.82) is 0 Å². The van der Waals surface area contributed by atoms with Crippen LogP contribution in [-0.4, -0.2) is 73.4 Å². The molecule has 0 aliphatic carbocycles. The Morgan fingerprint density at radius 3 is 2.67 bits per heavy atom. The third-order valence-electron chi connectivity index (χ3n) is 4.11. The lowest BCUT2D eigenvalue weighted by Crippen LogP contribution is -2.48. The Labute approximate surface area is 112 Å². The summed E-state index contributed by atoms with van der Waals surface area (Å²) >= 11 is 0. The van der Waals surface area contributed by atoms with Gasteiger partial charge in [-0.2, -0.15) is 0 Å². The third-order valence-corrected chi connectivity index (χ3v) is 4.11. The zero-order valence-electron chi connectivity index (χ0n) is 12.6.